The van der Waals surface area contributed by atoms with Crippen LogP contribution < -0.4 is 5.32 Å². The van der Waals surface area contributed by atoms with E-state index in [-0.39, 0.29) is 21.4 Å². The zero-order valence-electron chi connectivity index (χ0n) is 9.06. The second-order valence-corrected chi connectivity index (χ2v) is 4.52. The molecule has 0 aromatic carbocycles. The van der Waals surface area contributed by atoms with Crippen LogP contribution in [0.15, 0.2) is 0 Å². The van der Waals surface area contributed by atoms with Gasteiger partial charge < -0.3 is 14.8 Å². The Hall–Kier alpha value is -0.760. The smallest absolute Gasteiger partial charge is 0.282 e. The van der Waals surface area contributed by atoms with Gasteiger partial charge in [0.05, 0.1) is 6.04 Å². The molecule has 0 aliphatic heterocycles. The number of nitrogens with one attached hydrogen (secondary N) is 1. The Labute approximate surface area is 102 Å². The summed E-state index contributed by atoms with van der Waals surface area (Å²) < 4.78 is 10.2. The first-order valence-corrected chi connectivity index (χ1v) is 5.63. The number of halogens is 1. The first kappa shape index (κ1) is 13.3. The summed E-state index contributed by atoms with van der Waals surface area (Å²) in [7, 11) is 3.00. The van der Waals surface area contributed by atoms with Gasteiger partial charge in [-0.1, -0.05) is 11.3 Å². The van der Waals surface area contributed by atoms with Crippen molar-refractivity contribution in [3.63, 3.8) is 0 Å². The zero-order valence-corrected chi connectivity index (χ0v) is 10.6. The van der Waals surface area contributed by atoms with E-state index < -0.39 is 6.29 Å². The van der Waals surface area contributed by atoms with Crippen LogP contribution in [0.1, 0.15) is 16.7 Å². The number of hydrogen-bond donors (Lipinski definition) is 1. The molecule has 1 aromatic rings. The van der Waals surface area contributed by atoms with Gasteiger partial charge in [-0.05, 0) is 18.5 Å². The molecule has 0 saturated heterocycles. The summed E-state index contributed by atoms with van der Waals surface area (Å²) in [6, 6.07) is -0.301. The number of hydrogen-bond acceptors (Lipinski definition) is 6. The van der Waals surface area contributed by atoms with Gasteiger partial charge in [0.2, 0.25) is 9.47 Å². The maximum Gasteiger partial charge on any atom is 0.282 e. The lowest BCUT2D eigenvalue weighted by Crippen LogP contribution is -2.42. The number of carbonyl (C=O) groups excluding carboxylic acids is 1. The van der Waals surface area contributed by atoms with Gasteiger partial charge in [0.1, 0.15) is 0 Å². The Kier molecular flexibility index (Phi) is 5.07. The molecule has 90 valence electrons. The topological polar surface area (TPSA) is 73.3 Å². The highest BCUT2D eigenvalue weighted by atomic mass is 35.5. The van der Waals surface area contributed by atoms with E-state index in [2.05, 4.69) is 15.5 Å². The lowest BCUT2D eigenvalue weighted by molar-refractivity contribution is -0.117. The molecule has 1 aromatic heterocycles. The van der Waals surface area contributed by atoms with Crippen LogP contribution in [0.3, 0.4) is 0 Å². The van der Waals surface area contributed by atoms with E-state index in [0.717, 1.165) is 11.3 Å². The van der Waals surface area contributed by atoms with Crippen LogP contribution in [-0.4, -0.2) is 42.7 Å². The highest BCUT2D eigenvalue weighted by Gasteiger charge is 2.20. The molecule has 6 nitrogen and oxygen atoms in total. The van der Waals surface area contributed by atoms with Gasteiger partial charge >= 0.3 is 0 Å². The number of nitrogens with zero attached hydrogens (tertiary/aromatic N) is 2. The third-order valence-electron chi connectivity index (χ3n) is 1.83. The fourth-order valence-corrected chi connectivity index (χ4v) is 1.87. The molecule has 0 aliphatic rings. The van der Waals surface area contributed by atoms with Crippen molar-refractivity contribution in [1.29, 1.82) is 0 Å². The normalized spacial score (nSPS) is 12.8. The Bertz CT molecular complexity index is 356. The zero-order chi connectivity index (χ0) is 12.1. The van der Waals surface area contributed by atoms with Crippen molar-refractivity contribution in [1.82, 2.24) is 15.5 Å². The van der Waals surface area contributed by atoms with E-state index >= 15 is 0 Å². The van der Waals surface area contributed by atoms with Crippen LogP contribution >= 0.6 is 22.9 Å². The number of carbonyl (C=O) groups is 1. The third-order valence-corrected chi connectivity index (χ3v) is 2.84. The molecular weight excluding hydrogens is 254 g/mol. The highest BCUT2D eigenvalue weighted by molar-refractivity contribution is 7.17. The third kappa shape index (κ3) is 3.38. The summed E-state index contributed by atoms with van der Waals surface area (Å²) in [6.07, 6.45) is -0.507. The van der Waals surface area contributed by atoms with Gasteiger partial charge in [0.25, 0.3) is 5.91 Å². The summed E-state index contributed by atoms with van der Waals surface area (Å²) in [5, 5.41) is 10.0. The Morgan fingerprint density at radius 3 is 2.50 bits per heavy atom. The Balaban J connectivity index is 2.57. The van der Waals surface area contributed by atoms with E-state index in [1.54, 1.807) is 6.92 Å². The Morgan fingerprint density at radius 2 is 2.06 bits per heavy atom. The fraction of sp³-hybridized carbons (Fsp3) is 0.625. The lowest BCUT2D eigenvalue weighted by atomic mass is 10.3. The molecule has 1 atom stereocenters. The van der Waals surface area contributed by atoms with Crippen molar-refractivity contribution in [2.45, 2.75) is 19.3 Å². The minimum Gasteiger partial charge on any atom is -0.354 e. The second-order valence-electron chi connectivity index (χ2n) is 2.96. The van der Waals surface area contributed by atoms with E-state index in [0.29, 0.717) is 0 Å². The molecule has 8 heteroatoms. The summed E-state index contributed by atoms with van der Waals surface area (Å²) >= 11 is 6.59. The van der Waals surface area contributed by atoms with Crippen LogP contribution in [-0.2, 0) is 9.47 Å². The van der Waals surface area contributed by atoms with E-state index in [4.69, 9.17) is 21.1 Å². The van der Waals surface area contributed by atoms with Crippen molar-refractivity contribution < 1.29 is 14.3 Å². The van der Waals surface area contributed by atoms with Crippen molar-refractivity contribution in [2.24, 2.45) is 0 Å². The first-order valence-electron chi connectivity index (χ1n) is 4.44. The quantitative estimate of drug-likeness (QED) is 0.802. The lowest BCUT2D eigenvalue weighted by Gasteiger charge is -2.21. The predicted octanol–water partition coefficient (Wildman–Crippen LogP) is 0.929. The van der Waals surface area contributed by atoms with Gasteiger partial charge in [-0.2, -0.15) is 0 Å². The largest absolute Gasteiger partial charge is 0.354 e. The maximum absolute atomic E-state index is 11.6. The van der Waals surface area contributed by atoms with Crippen molar-refractivity contribution in [2.75, 3.05) is 14.2 Å². The fourth-order valence-electron chi connectivity index (χ4n) is 1.14. The number of aromatic nitrogens is 2. The molecule has 0 radical (unpaired) electrons. The molecule has 0 saturated carbocycles. The van der Waals surface area contributed by atoms with Crippen molar-refractivity contribution >= 4 is 28.8 Å². The molecular formula is C8H12ClN3O3S. The number of rotatable bonds is 5. The van der Waals surface area contributed by atoms with Crippen LogP contribution in [0.5, 0.6) is 0 Å². The minimum absolute atomic E-state index is 0.211. The van der Waals surface area contributed by atoms with Crippen LogP contribution in [0.2, 0.25) is 4.47 Å². The van der Waals surface area contributed by atoms with Crippen LogP contribution in [0.4, 0.5) is 0 Å². The van der Waals surface area contributed by atoms with Gasteiger partial charge in [0.15, 0.2) is 6.29 Å². The van der Waals surface area contributed by atoms with Crippen molar-refractivity contribution in [3.8, 4) is 0 Å². The van der Waals surface area contributed by atoms with E-state index in [1.165, 1.54) is 14.2 Å². The van der Waals surface area contributed by atoms with E-state index in [1.807, 2.05) is 0 Å². The number of ether oxygens (including phenoxy) is 2. The molecule has 0 fully saturated rings. The first-order chi connectivity index (χ1) is 7.58. The molecule has 0 bridgehead atoms. The summed E-state index contributed by atoms with van der Waals surface area (Å²) in [4.78, 5) is 11.6. The molecule has 16 heavy (non-hydrogen) atoms. The molecule has 0 aliphatic carbocycles. The standard InChI is InChI=1S/C8H12ClN3O3S/c1-4(7(14-2)15-3)10-5(13)6-11-12-8(9)16-6/h4,7H,1-3H3,(H,10,13). The number of amides is 1. The second kappa shape index (κ2) is 6.09. The van der Waals surface area contributed by atoms with Crippen LogP contribution in [0.25, 0.3) is 0 Å². The molecule has 0 spiro atoms. The predicted molar refractivity (Wildman–Crippen MR) is 59.7 cm³/mol. The summed E-state index contributed by atoms with van der Waals surface area (Å²) in [5.41, 5.74) is 0. The monoisotopic (exact) mass is 265 g/mol. The van der Waals surface area contributed by atoms with Gasteiger partial charge in [-0.3, -0.25) is 4.79 Å². The maximum atomic E-state index is 11.6. The van der Waals surface area contributed by atoms with Crippen molar-refractivity contribution in [3.05, 3.63) is 9.47 Å². The molecule has 1 unspecified atom stereocenters. The van der Waals surface area contributed by atoms with Crippen LogP contribution in [0, 0.1) is 0 Å². The molecule has 1 N–H and O–H groups in total. The summed E-state index contributed by atoms with van der Waals surface area (Å²) in [5.74, 6) is -0.351. The highest BCUT2D eigenvalue weighted by Crippen LogP contribution is 2.14. The van der Waals surface area contributed by atoms with E-state index in [9.17, 15) is 4.79 Å². The molecule has 1 amide bonds. The van der Waals surface area contributed by atoms with Gasteiger partial charge in [-0.15, -0.1) is 10.2 Å². The Morgan fingerprint density at radius 1 is 1.44 bits per heavy atom. The number of methoxy groups -OCH3 is 2. The average Bonchev–Trinajstić information content (AvgIpc) is 2.66. The van der Waals surface area contributed by atoms with Gasteiger partial charge in [0, 0.05) is 14.2 Å². The SMILES string of the molecule is COC(OC)C(C)NC(=O)c1nnc(Cl)s1. The minimum atomic E-state index is -0.507. The average molecular weight is 266 g/mol. The van der Waals surface area contributed by atoms with Gasteiger partial charge in [-0.25, -0.2) is 0 Å². The molecule has 1 heterocycles. The summed E-state index contributed by atoms with van der Waals surface area (Å²) in [6.45, 7) is 1.76. The molecule has 1 rings (SSSR count).